The van der Waals surface area contributed by atoms with E-state index in [9.17, 15) is 19.8 Å². The van der Waals surface area contributed by atoms with Crippen LogP contribution in [0.4, 0.5) is 4.79 Å². The zero-order valence-electron chi connectivity index (χ0n) is 28.8. The Morgan fingerprint density at radius 3 is 2.38 bits per heavy atom. The summed E-state index contributed by atoms with van der Waals surface area (Å²) in [6, 6.07) is 23.8. The van der Waals surface area contributed by atoms with Crippen molar-refractivity contribution in [1.82, 2.24) is 15.5 Å². The highest BCUT2D eigenvalue weighted by molar-refractivity contribution is 5.80. The number of hydrogen-bond donors (Lipinski definition) is 4. The van der Waals surface area contributed by atoms with Crippen molar-refractivity contribution in [2.24, 2.45) is 5.92 Å². The maximum atomic E-state index is 13.9. The third-order valence-corrected chi connectivity index (χ3v) is 8.28. The largest absolute Gasteiger partial charge is 0.492 e. The highest BCUT2D eigenvalue weighted by atomic mass is 16.6. The highest BCUT2D eigenvalue weighted by Crippen LogP contribution is 2.32. The van der Waals surface area contributed by atoms with Crippen molar-refractivity contribution in [3.63, 3.8) is 0 Å². The van der Waals surface area contributed by atoms with Gasteiger partial charge in [-0.15, -0.1) is 0 Å². The van der Waals surface area contributed by atoms with Crippen LogP contribution in [0.3, 0.4) is 0 Å². The smallest absolute Gasteiger partial charge is 0.407 e. The van der Waals surface area contributed by atoms with Crippen LogP contribution in [-0.2, 0) is 22.4 Å². The first-order chi connectivity index (χ1) is 22.9. The molecule has 0 radical (unpaired) electrons. The van der Waals surface area contributed by atoms with E-state index in [1.807, 2.05) is 110 Å². The second-order valence-corrected chi connectivity index (χ2v) is 13.8. The fourth-order valence-corrected chi connectivity index (χ4v) is 5.78. The monoisotopic (exact) mass is 657 g/mol. The van der Waals surface area contributed by atoms with Crippen molar-refractivity contribution in [3.05, 3.63) is 107 Å². The first-order valence-corrected chi connectivity index (χ1v) is 16.7. The van der Waals surface area contributed by atoms with Gasteiger partial charge < -0.3 is 35.2 Å². The van der Waals surface area contributed by atoms with Crippen LogP contribution in [0.2, 0.25) is 0 Å². The molecule has 258 valence electrons. The lowest BCUT2D eigenvalue weighted by atomic mass is 9.90. The minimum atomic E-state index is -1.09. The molecule has 2 amide bonds. The van der Waals surface area contributed by atoms with Crippen molar-refractivity contribution in [2.75, 3.05) is 27.2 Å². The van der Waals surface area contributed by atoms with E-state index in [1.165, 1.54) is 0 Å². The minimum Gasteiger partial charge on any atom is -0.492 e. The number of aliphatic hydroxyl groups is 2. The summed E-state index contributed by atoms with van der Waals surface area (Å²) >= 11 is 0. The molecule has 0 saturated heterocycles. The molecule has 4 N–H and O–H groups in total. The molecule has 1 aliphatic carbocycles. The summed E-state index contributed by atoms with van der Waals surface area (Å²) in [4.78, 5) is 28.9. The number of likely N-dealkylation sites (N-methyl/N-ethyl adjacent to an activating group) is 1. The molecule has 0 aromatic heterocycles. The van der Waals surface area contributed by atoms with Crippen LogP contribution in [0.15, 0.2) is 84.9 Å². The van der Waals surface area contributed by atoms with E-state index in [4.69, 9.17) is 9.47 Å². The molecule has 9 heteroatoms. The fraction of sp³-hybridized carbons (Fsp3) is 0.436. The molecule has 9 nitrogen and oxygen atoms in total. The van der Waals surface area contributed by atoms with Gasteiger partial charge in [-0.25, -0.2) is 4.79 Å². The maximum Gasteiger partial charge on any atom is 0.407 e. The third kappa shape index (κ3) is 11.5. The normalized spacial score (nSPS) is 17.8. The SMILES string of the molecule is CN(C)CCOc1ccc(CC(NC(=O)OC(C)(C)C)C(O)CC(C/C=C/c2ccccc2)C(=O)NC2c3ccccc3CC2O)cc1. The number of amides is 2. The number of aliphatic hydroxyl groups excluding tert-OH is 2. The molecule has 3 aromatic rings. The molecule has 0 aliphatic heterocycles. The predicted octanol–water partition coefficient (Wildman–Crippen LogP) is 5.31. The minimum absolute atomic E-state index is 0.0711. The molecule has 5 unspecified atom stereocenters. The molecular formula is C39H51N3O6. The number of alkyl carbamates (subject to hydrolysis) is 1. The number of benzene rings is 3. The Bertz CT molecular complexity index is 1490. The van der Waals surface area contributed by atoms with Crippen molar-refractivity contribution in [2.45, 2.75) is 76.3 Å². The molecule has 0 fully saturated rings. The Labute approximate surface area is 285 Å². The Kier molecular flexibility index (Phi) is 13.2. The Balaban J connectivity index is 1.53. The molecule has 0 heterocycles. The summed E-state index contributed by atoms with van der Waals surface area (Å²) in [5.41, 5.74) is 3.05. The molecule has 0 saturated carbocycles. The number of rotatable bonds is 15. The molecule has 3 aromatic carbocycles. The number of allylic oxidation sites excluding steroid dienone is 1. The highest BCUT2D eigenvalue weighted by Gasteiger charge is 2.35. The van der Waals surface area contributed by atoms with Gasteiger partial charge in [0.1, 0.15) is 18.0 Å². The average molecular weight is 658 g/mol. The molecule has 0 bridgehead atoms. The summed E-state index contributed by atoms with van der Waals surface area (Å²) in [6.45, 7) is 6.68. The number of fused-ring (bicyclic) bond motifs is 1. The summed E-state index contributed by atoms with van der Waals surface area (Å²) in [6.07, 6.45) is 2.59. The summed E-state index contributed by atoms with van der Waals surface area (Å²) in [5, 5.41) is 28.5. The van der Waals surface area contributed by atoms with Crippen molar-refractivity contribution < 1.29 is 29.3 Å². The van der Waals surface area contributed by atoms with Crippen LogP contribution in [0.1, 0.15) is 61.9 Å². The molecule has 4 rings (SSSR count). The number of nitrogens with zero attached hydrogens (tertiary/aromatic N) is 1. The van der Waals surface area contributed by atoms with Crippen molar-refractivity contribution >= 4 is 18.1 Å². The second-order valence-electron chi connectivity index (χ2n) is 13.8. The van der Waals surface area contributed by atoms with Crippen LogP contribution in [0, 0.1) is 5.92 Å². The molecule has 5 atom stereocenters. The van der Waals surface area contributed by atoms with Gasteiger partial charge in [0.2, 0.25) is 5.91 Å². The Morgan fingerprint density at radius 1 is 1.00 bits per heavy atom. The number of nitrogens with one attached hydrogen (secondary N) is 2. The van der Waals surface area contributed by atoms with Crippen LogP contribution in [-0.4, -0.2) is 78.2 Å². The Hall–Kier alpha value is -4.18. The van der Waals surface area contributed by atoms with Gasteiger partial charge in [-0.2, -0.15) is 0 Å². The fourth-order valence-electron chi connectivity index (χ4n) is 5.78. The van der Waals surface area contributed by atoms with E-state index < -0.39 is 41.9 Å². The average Bonchev–Trinajstić information content (AvgIpc) is 3.34. The van der Waals surface area contributed by atoms with Crippen LogP contribution in [0.25, 0.3) is 6.08 Å². The van der Waals surface area contributed by atoms with Gasteiger partial charge in [0.25, 0.3) is 0 Å². The summed E-state index contributed by atoms with van der Waals surface area (Å²) in [5.74, 6) is -0.187. The van der Waals surface area contributed by atoms with E-state index in [2.05, 4.69) is 10.6 Å². The quantitative estimate of drug-likeness (QED) is 0.175. The lowest BCUT2D eigenvalue weighted by molar-refractivity contribution is -0.127. The van der Waals surface area contributed by atoms with Gasteiger partial charge in [0.15, 0.2) is 0 Å². The van der Waals surface area contributed by atoms with E-state index in [0.29, 0.717) is 25.9 Å². The van der Waals surface area contributed by atoms with Crippen LogP contribution >= 0.6 is 0 Å². The zero-order chi connectivity index (χ0) is 34.7. The number of ether oxygens (including phenoxy) is 2. The van der Waals surface area contributed by atoms with Gasteiger partial charge in [0, 0.05) is 18.9 Å². The molecule has 48 heavy (non-hydrogen) atoms. The number of carbonyl (C=O) groups is 2. The van der Waals surface area contributed by atoms with Gasteiger partial charge in [-0.05, 0) is 88.5 Å². The van der Waals surface area contributed by atoms with Crippen molar-refractivity contribution in [3.8, 4) is 5.75 Å². The van der Waals surface area contributed by atoms with Crippen LogP contribution < -0.4 is 15.4 Å². The van der Waals surface area contributed by atoms with E-state index in [-0.39, 0.29) is 12.3 Å². The van der Waals surface area contributed by atoms with E-state index >= 15 is 0 Å². The van der Waals surface area contributed by atoms with Crippen molar-refractivity contribution in [1.29, 1.82) is 0 Å². The standard InChI is InChI=1S/C39H51N3O6/c1-39(2,3)48-38(46)40-33(24-28-18-20-31(21-19-28)47-23-22-42(4)5)34(43)26-30(16-11-14-27-12-7-6-8-13-27)37(45)41-36-32-17-10-9-15-29(32)25-35(36)44/h6-15,17-21,30,33-36,43-44H,16,22-26H2,1-5H3,(H,40,46)(H,41,45)/b14-11+. The van der Waals surface area contributed by atoms with Gasteiger partial charge >= 0.3 is 6.09 Å². The zero-order valence-corrected chi connectivity index (χ0v) is 28.8. The van der Waals surface area contributed by atoms with Gasteiger partial charge in [-0.1, -0.05) is 78.9 Å². The second kappa shape index (κ2) is 17.3. The topological polar surface area (TPSA) is 120 Å². The summed E-state index contributed by atoms with van der Waals surface area (Å²) < 4.78 is 11.4. The predicted molar refractivity (Wildman–Crippen MR) is 189 cm³/mol. The van der Waals surface area contributed by atoms with E-state index in [1.54, 1.807) is 20.8 Å². The lowest BCUT2D eigenvalue weighted by Crippen LogP contribution is -2.48. The molecule has 0 spiro atoms. The third-order valence-electron chi connectivity index (χ3n) is 8.28. The first-order valence-electron chi connectivity index (χ1n) is 16.7. The lowest BCUT2D eigenvalue weighted by Gasteiger charge is -2.29. The van der Waals surface area contributed by atoms with E-state index in [0.717, 1.165) is 34.5 Å². The molecular weight excluding hydrogens is 606 g/mol. The van der Waals surface area contributed by atoms with Crippen LogP contribution in [0.5, 0.6) is 5.75 Å². The Morgan fingerprint density at radius 2 is 1.69 bits per heavy atom. The number of carbonyl (C=O) groups excluding carboxylic acids is 2. The first kappa shape index (κ1) is 36.7. The van der Waals surface area contributed by atoms with Gasteiger partial charge in [0.05, 0.1) is 24.3 Å². The maximum absolute atomic E-state index is 13.9. The van der Waals surface area contributed by atoms with Gasteiger partial charge in [-0.3, -0.25) is 4.79 Å². The number of hydrogen-bond acceptors (Lipinski definition) is 7. The molecule has 1 aliphatic rings. The summed E-state index contributed by atoms with van der Waals surface area (Å²) in [7, 11) is 3.97.